The predicted octanol–water partition coefficient (Wildman–Crippen LogP) is 4.15. The van der Waals surface area contributed by atoms with Crippen molar-refractivity contribution in [2.45, 2.75) is 39.8 Å². The highest BCUT2D eigenvalue weighted by molar-refractivity contribution is 7.15. The molecule has 0 saturated carbocycles. The van der Waals surface area contributed by atoms with Gasteiger partial charge in [-0.3, -0.25) is 0 Å². The van der Waals surface area contributed by atoms with E-state index in [4.69, 9.17) is 4.74 Å². The summed E-state index contributed by atoms with van der Waals surface area (Å²) in [6, 6.07) is 4.84. The van der Waals surface area contributed by atoms with Crippen LogP contribution in [0.5, 0.6) is 5.75 Å². The Morgan fingerprint density at radius 2 is 2.05 bits per heavy atom. The highest BCUT2D eigenvalue weighted by atomic mass is 32.1. The molecule has 2 aromatic rings. The van der Waals surface area contributed by atoms with E-state index < -0.39 is 0 Å². The van der Waals surface area contributed by atoms with Crippen molar-refractivity contribution in [1.82, 2.24) is 10.3 Å². The van der Waals surface area contributed by atoms with Gasteiger partial charge in [-0.15, -0.1) is 11.3 Å². The average Bonchev–Trinajstić information content (AvgIpc) is 2.77. The number of benzene rings is 1. The minimum atomic E-state index is -0.357. The van der Waals surface area contributed by atoms with Crippen LogP contribution in [0.2, 0.25) is 0 Å². The second-order valence-electron chi connectivity index (χ2n) is 5.98. The summed E-state index contributed by atoms with van der Waals surface area (Å²) in [5.74, 6) is -0.112. The molecule has 0 aliphatic carbocycles. The van der Waals surface area contributed by atoms with Crippen molar-refractivity contribution in [3.8, 4) is 16.3 Å². The minimum Gasteiger partial charge on any atom is -0.494 e. The molecule has 114 valence electrons. The number of methoxy groups -OCH3 is 1. The van der Waals surface area contributed by atoms with Gasteiger partial charge in [-0.25, -0.2) is 9.37 Å². The molecule has 0 amide bonds. The van der Waals surface area contributed by atoms with E-state index in [1.807, 2.05) is 6.92 Å². The van der Waals surface area contributed by atoms with E-state index >= 15 is 0 Å². The van der Waals surface area contributed by atoms with E-state index in [1.54, 1.807) is 23.5 Å². The first kappa shape index (κ1) is 15.9. The van der Waals surface area contributed by atoms with Crippen LogP contribution in [-0.2, 0) is 6.54 Å². The Labute approximate surface area is 129 Å². The Bertz CT molecular complexity index is 632. The number of ether oxygens (including phenoxy) is 1. The maximum absolute atomic E-state index is 13.5. The molecule has 1 aromatic carbocycles. The Morgan fingerprint density at radius 1 is 1.33 bits per heavy atom. The second kappa shape index (κ2) is 6.12. The molecule has 1 aromatic heterocycles. The number of hydrogen-bond acceptors (Lipinski definition) is 4. The Balaban J connectivity index is 2.26. The summed E-state index contributed by atoms with van der Waals surface area (Å²) >= 11 is 1.63. The molecule has 0 spiro atoms. The second-order valence-corrected chi connectivity index (χ2v) is 7.06. The van der Waals surface area contributed by atoms with Gasteiger partial charge in [0, 0.05) is 22.5 Å². The maximum Gasteiger partial charge on any atom is 0.165 e. The molecule has 0 fully saturated rings. The van der Waals surface area contributed by atoms with Gasteiger partial charge in [-0.05, 0) is 45.9 Å². The van der Waals surface area contributed by atoms with E-state index in [2.05, 4.69) is 31.1 Å². The lowest BCUT2D eigenvalue weighted by Gasteiger charge is -2.19. The van der Waals surface area contributed by atoms with E-state index in [0.29, 0.717) is 0 Å². The normalized spacial score (nSPS) is 11.7. The number of rotatable bonds is 4. The van der Waals surface area contributed by atoms with E-state index in [9.17, 15) is 4.39 Å². The zero-order chi connectivity index (χ0) is 15.6. The van der Waals surface area contributed by atoms with Crippen molar-refractivity contribution in [1.29, 1.82) is 0 Å². The highest BCUT2D eigenvalue weighted by Gasteiger charge is 2.14. The lowest BCUT2D eigenvalue weighted by atomic mass is 10.1. The van der Waals surface area contributed by atoms with Gasteiger partial charge in [0.2, 0.25) is 0 Å². The summed E-state index contributed by atoms with van der Waals surface area (Å²) in [5, 5.41) is 4.35. The van der Waals surface area contributed by atoms with Gasteiger partial charge in [0.15, 0.2) is 11.6 Å². The van der Waals surface area contributed by atoms with Crippen LogP contribution in [0.25, 0.3) is 10.6 Å². The Kier molecular flexibility index (Phi) is 4.64. The fourth-order valence-electron chi connectivity index (χ4n) is 1.85. The smallest absolute Gasteiger partial charge is 0.165 e. The van der Waals surface area contributed by atoms with Crippen LogP contribution in [0.3, 0.4) is 0 Å². The zero-order valence-corrected chi connectivity index (χ0v) is 13.9. The summed E-state index contributed by atoms with van der Waals surface area (Å²) < 4.78 is 18.5. The number of nitrogens with zero attached hydrogens (tertiary/aromatic N) is 1. The zero-order valence-electron chi connectivity index (χ0n) is 13.1. The molecule has 0 saturated heterocycles. The third-order valence-electron chi connectivity index (χ3n) is 3.07. The number of halogens is 1. The molecular formula is C16H21FN2OS. The van der Waals surface area contributed by atoms with Crippen LogP contribution in [-0.4, -0.2) is 17.6 Å². The van der Waals surface area contributed by atoms with Crippen LogP contribution in [0.1, 0.15) is 31.3 Å². The largest absolute Gasteiger partial charge is 0.494 e. The van der Waals surface area contributed by atoms with Crippen molar-refractivity contribution in [2.24, 2.45) is 0 Å². The van der Waals surface area contributed by atoms with Crippen LogP contribution in [0.15, 0.2) is 18.2 Å². The van der Waals surface area contributed by atoms with Crippen LogP contribution in [0.4, 0.5) is 4.39 Å². The lowest BCUT2D eigenvalue weighted by molar-refractivity contribution is 0.387. The predicted molar refractivity (Wildman–Crippen MR) is 85.4 cm³/mol. The molecule has 1 N–H and O–H groups in total. The lowest BCUT2D eigenvalue weighted by Crippen LogP contribution is -2.34. The van der Waals surface area contributed by atoms with Crippen molar-refractivity contribution < 1.29 is 9.13 Å². The maximum atomic E-state index is 13.5. The third kappa shape index (κ3) is 4.02. The highest BCUT2D eigenvalue weighted by Crippen LogP contribution is 2.31. The topological polar surface area (TPSA) is 34.1 Å². The van der Waals surface area contributed by atoms with Crippen molar-refractivity contribution >= 4 is 11.3 Å². The molecule has 3 nitrogen and oxygen atoms in total. The van der Waals surface area contributed by atoms with Crippen molar-refractivity contribution in [2.75, 3.05) is 7.11 Å². The number of aryl methyl sites for hydroxylation is 1. The SMILES string of the molecule is COc1cc(-c2nc(C)c(CNC(C)(C)C)s2)ccc1F. The fraction of sp³-hybridized carbons (Fsp3) is 0.438. The van der Waals surface area contributed by atoms with Crippen LogP contribution in [0, 0.1) is 12.7 Å². The molecule has 2 rings (SSSR count). The van der Waals surface area contributed by atoms with Gasteiger partial charge in [-0.2, -0.15) is 0 Å². The van der Waals surface area contributed by atoms with Gasteiger partial charge in [0.05, 0.1) is 12.8 Å². The van der Waals surface area contributed by atoms with Gasteiger partial charge < -0.3 is 10.1 Å². The first-order valence-electron chi connectivity index (χ1n) is 6.85. The number of hydrogen-bond donors (Lipinski definition) is 1. The Hall–Kier alpha value is -1.46. The molecule has 0 aliphatic heterocycles. The molecule has 5 heteroatoms. The monoisotopic (exact) mass is 308 g/mol. The molecule has 0 bridgehead atoms. The molecule has 21 heavy (non-hydrogen) atoms. The molecule has 1 heterocycles. The van der Waals surface area contributed by atoms with E-state index in [-0.39, 0.29) is 17.1 Å². The van der Waals surface area contributed by atoms with Gasteiger partial charge in [0.25, 0.3) is 0 Å². The number of aromatic nitrogens is 1. The molecule has 0 atom stereocenters. The van der Waals surface area contributed by atoms with E-state index in [0.717, 1.165) is 22.8 Å². The van der Waals surface area contributed by atoms with Gasteiger partial charge >= 0.3 is 0 Å². The summed E-state index contributed by atoms with van der Waals surface area (Å²) in [6.07, 6.45) is 0. The average molecular weight is 308 g/mol. The fourth-order valence-corrected chi connectivity index (χ4v) is 2.85. The van der Waals surface area contributed by atoms with Crippen LogP contribution < -0.4 is 10.1 Å². The van der Waals surface area contributed by atoms with Gasteiger partial charge in [-0.1, -0.05) is 0 Å². The third-order valence-corrected chi connectivity index (χ3v) is 4.28. The molecule has 0 radical (unpaired) electrons. The first-order chi connectivity index (χ1) is 9.80. The first-order valence-corrected chi connectivity index (χ1v) is 7.67. The quantitative estimate of drug-likeness (QED) is 0.921. The number of nitrogens with one attached hydrogen (secondary N) is 1. The van der Waals surface area contributed by atoms with E-state index in [1.165, 1.54) is 18.1 Å². The summed E-state index contributed by atoms with van der Waals surface area (Å²) in [4.78, 5) is 5.78. The summed E-state index contributed by atoms with van der Waals surface area (Å²) in [7, 11) is 1.47. The van der Waals surface area contributed by atoms with Crippen molar-refractivity contribution in [3.63, 3.8) is 0 Å². The number of thiazole rings is 1. The molecule has 0 unspecified atom stereocenters. The molecular weight excluding hydrogens is 287 g/mol. The van der Waals surface area contributed by atoms with Gasteiger partial charge in [0.1, 0.15) is 5.01 Å². The minimum absolute atomic E-state index is 0.0652. The van der Waals surface area contributed by atoms with Crippen LogP contribution >= 0.6 is 11.3 Å². The summed E-state index contributed by atoms with van der Waals surface area (Å²) in [6.45, 7) is 9.19. The Morgan fingerprint density at radius 3 is 2.67 bits per heavy atom. The standard InChI is InChI=1S/C16H21FN2OS/c1-10-14(9-18-16(2,3)4)21-15(19-10)11-6-7-12(17)13(8-11)20-5/h6-8,18H,9H2,1-5H3. The summed E-state index contributed by atoms with van der Waals surface area (Å²) in [5.41, 5.74) is 1.95. The van der Waals surface area contributed by atoms with Crippen molar-refractivity contribution in [3.05, 3.63) is 34.6 Å². The molecule has 0 aliphatic rings.